The van der Waals surface area contributed by atoms with E-state index in [2.05, 4.69) is 5.32 Å². The van der Waals surface area contributed by atoms with Crippen LogP contribution in [0.5, 0.6) is 0 Å². The summed E-state index contributed by atoms with van der Waals surface area (Å²) < 4.78 is 5.58. The molecule has 2 rings (SSSR count). The van der Waals surface area contributed by atoms with E-state index >= 15 is 0 Å². The predicted octanol–water partition coefficient (Wildman–Crippen LogP) is 3.18. The number of ether oxygens (including phenoxy) is 1. The zero-order valence-corrected chi connectivity index (χ0v) is 13.4. The van der Waals surface area contributed by atoms with Crippen LogP contribution in [0.1, 0.15) is 37.0 Å². The smallest absolute Gasteiger partial charge is 0.345 e. The Morgan fingerprint density at radius 1 is 1.41 bits per heavy atom. The highest BCUT2D eigenvalue weighted by Gasteiger charge is 2.36. The van der Waals surface area contributed by atoms with Crippen molar-refractivity contribution < 1.29 is 14.5 Å². The number of nitrogens with one attached hydrogen (secondary N) is 1. The minimum Gasteiger partial charge on any atom is -0.456 e. The van der Waals surface area contributed by atoms with Crippen molar-refractivity contribution in [2.75, 3.05) is 13.1 Å². The van der Waals surface area contributed by atoms with Gasteiger partial charge in [-0.25, -0.2) is 4.79 Å². The summed E-state index contributed by atoms with van der Waals surface area (Å²) in [5.74, 6) is -0.492. The largest absolute Gasteiger partial charge is 0.456 e. The molecule has 0 amide bonds. The first-order chi connectivity index (χ1) is 10.3. The van der Waals surface area contributed by atoms with Crippen molar-refractivity contribution in [2.24, 2.45) is 5.92 Å². The minimum atomic E-state index is -0.710. The fourth-order valence-electron chi connectivity index (χ4n) is 2.76. The van der Waals surface area contributed by atoms with Crippen molar-refractivity contribution in [3.63, 3.8) is 0 Å². The Morgan fingerprint density at radius 3 is 2.64 bits per heavy atom. The zero-order chi connectivity index (χ0) is 16.3. The van der Waals surface area contributed by atoms with Gasteiger partial charge in [-0.1, -0.05) is 17.7 Å². The maximum atomic E-state index is 12.4. The molecule has 22 heavy (non-hydrogen) atoms. The molecule has 1 N–H and O–H groups in total. The molecule has 0 saturated carbocycles. The van der Waals surface area contributed by atoms with Gasteiger partial charge in [-0.05, 0) is 51.9 Å². The van der Waals surface area contributed by atoms with Crippen LogP contribution >= 0.6 is 11.6 Å². The van der Waals surface area contributed by atoms with E-state index in [1.807, 2.05) is 13.8 Å². The standard InChI is InChI=1S/C15H19ClN2O4/c1-15(2,10-6-8-17-9-7-10)22-14(19)11-4-3-5-12(16)13(11)18(20)21/h3-5,10,17H,6-9H2,1-2H3. The molecule has 0 unspecified atom stereocenters. The van der Waals surface area contributed by atoms with E-state index in [0.717, 1.165) is 25.9 Å². The van der Waals surface area contributed by atoms with Crippen LogP contribution in [0.25, 0.3) is 0 Å². The lowest BCUT2D eigenvalue weighted by Crippen LogP contribution is -2.42. The third kappa shape index (κ3) is 3.56. The number of piperidine rings is 1. The van der Waals surface area contributed by atoms with Gasteiger partial charge < -0.3 is 10.1 Å². The van der Waals surface area contributed by atoms with E-state index in [-0.39, 0.29) is 16.5 Å². The Kier molecular flexibility index (Phi) is 5.03. The third-order valence-corrected chi connectivity index (χ3v) is 4.37. The summed E-state index contributed by atoms with van der Waals surface area (Å²) in [5.41, 5.74) is -1.20. The number of hydrogen-bond acceptors (Lipinski definition) is 5. The van der Waals surface area contributed by atoms with Crippen LogP contribution in [0.3, 0.4) is 0 Å². The maximum absolute atomic E-state index is 12.4. The average molecular weight is 327 g/mol. The van der Waals surface area contributed by atoms with Gasteiger partial charge in [0.15, 0.2) is 0 Å². The minimum absolute atomic E-state index is 0.0703. The van der Waals surface area contributed by atoms with Gasteiger partial charge in [0.05, 0.1) is 4.92 Å². The normalized spacial score (nSPS) is 16.3. The summed E-state index contributed by atoms with van der Waals surface area (Å²) >= 11 is 5.83. The fourth-order valence-corrected chi connectivity index (χ4v) is 3.00. The molecule has 1 aliphatic rings. The SMILES string of the molecule is CC(C)(OC(=O)c1cccc(Cl)c1[N+](=O)[O-])C1CCNCC1. The lowest BCUT2D eigenvalue weighted by Gasteiger charge is -2.36. The summed E-state index contributed by atoms with van der Waals surface area (Å²) in [6.07, 6.45) is 1.80. The second-order valence-electron chi connectivity index (χ2n) is 5.91. The quantitative estimate of drug-likeness (QED) is 0.522. The number of nitro groups is 1. The molecule has 1 aliphatic heterocycles. The van der Waals surface area contributed by atoms with Gasteiger partial charge in [-0.15, -0.1) is 0 Å². The van der Waals surface area contributed by atoms with Crippen molar-refractivity contribution >= 4 is 23.3 Å². The Labute approximate surface area is 133 Å². The van der Waals surface area contributed by atoms with Crippen molar-refractivity contribution in [1.82, 2.24) is 5.32 Å². The van der Waals surface area contributed by atoms with Crippen LogP contribution in [0.4, 0.5) is 5.69 Å². The topological polar surface area (TPSA) is 81.5 Å². The molecular formula is C15H19ClN2O4. The van der Waals surface area contributed by atoms with Gasteiger partial charge in [0, 0.05) is 5.92 Å². The second-order valence-corrected chi connectivity index (χ2v) is 6.32. The number of rotatable bonds is 4. The molecule has 6 nitrogen and oxygen atoms in total. The zero-order valence-electron chi connectivity index (χ0n) is 12.6. The number of nitro benzene ring substituents is 1. The molecule has 1 saturated heterocycles. The molecule has 0 aliphatic carbocycles. The Balaban J connectivity index is 2.22. The molecule has 1 aromatic rings. The number of nitrogens with zero attached hydrogens (tertiary/aromatic N) is 1. The summed E-state index contributed by atoms with van der Waals surface area (Å²) in [7, 11) is 0. The average Bonchev–Trinajstić information content (AvgIpc) is 2.47. The summed E-state index contributed by atoms with van der Waals surface area (Å²) in [5, 5.41) is 14.3. The Hall–Kier alpha value is -1.66. The highest BCUT2D eigenvalue weighted by atomic mass is 35.5. The van der Waals surface area contributed by atoms with E-state index < -0.39 is 22.2 Å². The van der Waals surface area contributed by atoms with Crippen LogP contribution in [0, 0.1) is 16.0 Å². The third-order valence-electron chi connectivity index (χ3n) is 4.07. The van der Waals surface area contributed by atoms with Gasteiger partial charge in [-0.3, -0.25) is 10.1 Å². The summed E-state index contributed by atoms with van der Waals surface area (Å²) in [6.45, 7) is 5.44. The molecule has 0 spiro atoms. The first kappa shape index (κ1) is 16.7. The highest BCUT2D eigenvalue weighted by Crippen LogP contribution is 2.33. The number of hydrogen-bond donors (Lipinski definition) is 1. The lowest BCUT2D eigenvalue weighted by molar-refractivity contribution is -0.385. The molecule has 0 atom stereocenters. The molecule has 1 heterocycles. The summed E-state index contributed by atoms with van der Waals surface area (Å²) in [6, 6.07) is 4.25. The number of esters is 1. The second kappa shape index (κ2) is 6.62. The number of para-hydroxylation sites is 1. The van der Waals surface area contributed by atoms with Crippen molar-refractivity contribution in [3.05, 3.63) is 38.9 Å². The van der Waals surface area contributed by atoms with Crippen LogP contribution < -0.4 is 5.32 Å². The first-order valence-electron chi connectivity index (χ1n) is 7.20. The van der Waals surface area contributed by atoms with Crippen molar-refractivity contribution in [2.45, 2.75) is 32.3 Å². The number of carbonyl (C=O) groups excluding carboxylic acids is 1. The summed E-state index contributed by atoms with van der Waals surface area (Å²) in [4.78, 5) is 22.8. The number of benzene rings is 1. The van der Waals surface area contributed by atoms with Gasteiger partial charge in [0.1, 0.15) is 16.2 Å². The van der Waals surface area contributed by atoms with Crippen molar-refractivity contribution in [3.8, 4) is 0 Å². The molecule has 7 heteroatoms. The molecule has 0 bridgehead atoms. The van der Waals surface area contributed by atoms with E-state index in [1.54, 1.807) is 0 Å². The van der Waals surface area contributed by atoms with E-state index in [0.29, 0.717) is 0 Å². The predicted molar refractivity (Wildman–Crippen MR) is 83.2 cm³/mol. The lowest BCUT2D eigenvalue weighted by atomic mass is 9.83. The fraction of sp³-hybridized carbons (Fsp3) is 0.533. The molecular weight excluding hydrogens is 308 g/mol. The van der Waals surface area contributed by atoms with E-state index in [1.165, 1.54) is 18.2 Å². The number of halogens is 1. The highest BCUT2D eigenvalue weighted by molar-refractivity contribution is 6.33. The maximum Gasteiger partial charge on any atom is 0.345 e. The van der Waals surface area contributed by atoms with E-state index in [9.17, 15) is 14.9 Å². The van der Waals surface area contributed by atoms with Crippen molar-refractivity contribution in [1.29, 1.82) is 0 Å². The van der Waals surface area contributed by atoms with Gasteiger partial charge in [-0.2, -0.15) is 0 Å². The molecule has 1 aromatic carbocycles. The van der Waals surface area contributed by atoms with Crippen LogP contribution in [0.15, 0.2) is 18.2 Å². The van der Waals surface area contributed by atoms with E-state index in [4.69, 9.17) is 16.3 Å². The molecule has 0 aromatic heterocycles. The molecule has 1 fully saturated rings. The monoisotopic (exact) mass is 326 g/mol. The van der Waals surface area contributed by atoms with Crippen LogP contribution in [0.2, 0.25) is 5.02 Å². The van der Waals surface area contributed by atoms with Gasteiger partial charge >= 0.3 is 11.7 Å². The molecule has 0 radical (unpaired) electrons. The molecule has 120 valence electrons. The van der Waals surface area contributed by atoms with Gasteiger partial charge in [0.2, 0.25) is 0 Å². The Morgan fingerprint density at radius 2 is 2.05 bits per heavy atom. The van der Waals surface area contributed by atoms with Crippen LogP contribution in [-0.4, -0.2) is 29.6 Å². The Bertz CT molecular complexity index is 583. The number of carbonyl (C=O) groups is 1. The van der Waals surface area contributed by atoms with Crippen LogP contribution in [-0.2, 0) is 4.74 Å². The first-order valence-corrected chi connectivity index (χ1v) is 7.57. The van der Waals surface area contributed by atoms with Gasteiger partial charge in [0.25, 0.3) is 0 Å².